The molecule has 0 spiro atoms. The lowest BCUT2D eigenvalue weighted by Gasteiger charge is -2.18. The van der Waals surface area contributed by atoms with Crippen LogP contribution in [0, 0.1) is 0 Å². The fraction of sp³-hybridized carbons (Fsp3) is 0.455. The third kappa shape index (κ3) is 2.60. The highest BCUT2D eigenvalue weighted by Gasteiger charge is 2.46. The quantitative estimate of drug-likeness (QED) is 0.833. The first-order valence-electron chi connectivity index (χ1n) is 5.65. The Kier molecular flexibility index (Phi) is 3.69. The van der Waals surface area contributed by atoms with Crippen LogP contribution < -0.4 is 4.90 Å². The molecule has 20 heavy (non-hydrogen) atoms. The SMILES string of the molecule is O=S(=O)(c1ccc(N2CC(O)C(O)C2)cc1)C(F)(F)F. The van der Waals surface area contributed by atoms with Crippen LogP contribution in [0.15, 0.2) is 29.2 Å². The minimum absolute atomic E-state index is 0.131. The van der Waals surface area contributed by atoms with Crippen molar-refractivity contribution < 1.29 is 31.8 Å². The monoisotopic (exact) mass is 311 g/mol. The highest BCUT2D eigenvalue weighted by molar-refractivity contribution is 7.92. The Morgan fingerprint density at radius 3 is 1.90 bits per heavy atom. The number of nitrogens with zero attached hydrogens (tertiary/aromatic N) is 1. The molecule has 2 unspecified atom stereocenters. The molecule has 5 nitrogen and oxygen atoms in total. The van der Waals surface area contributed by atoms with Gasteiger partial charge in [-0.05, 0) is 24.3 Å². The maximum absolute atomic E-state index is 12.4. The zero-order valence-corrected chi connectivity index (χ0v) is 10.9. The van der Waals surface area contributed by atoms with Gasteiger partial charge in [0.25, 0.3) is 9.84 Å². The predicted octanol–water partition coefficient (Wildman–Crippen LogP) is 0.522. The third-order valence-electron chi connectivity index (χ3n) is 3.08. The molecule has 112 valence electrons. The highest BCUT2D eigenvalue weighted by Crippen LogP contribution is 2.31. The first kappa shape index (κ1) is 15.1. The Morgan fingerprint density at radius 1 is 1.05 bits per heavy atom. The lowest BCUT2D eigenvalue weighted by atomic mass is 10.3. The third-order valence-corrected chi connectivity index (χ3v) is 4.58. The molecule has 2 N–H and O–H groups in total. The fourth-order valence-electron chi connectivity index (χ4n) is 1.95. The molecule has 9 heteroatoms. The minimum Gasteiger partial charge on any atom is -0.389 e. The number of halogens is 3. The predicted molar refractivity (Wildman–Crippen MR) is 63.9 cm³/mol. The standard InChI is InChI=1S/C11H12F3NO4S/c12-11(13,14)20(18,19)8-3-1-7(2-4-8)15-5-9(16)10(17)6-15/h1-4,9-10,16-17H,5-6H2. The second-order valence-corrected chi connectivity index (χ2v) is 6.42. The van der Waals surface area contributed by atoms with E-state index in [1.54, 1.807) is 4.90 Å². The van der Waals surface area contributed by atoms with Crippen molar-refractivity contribution in [1.82, 2.24) is 0 Å². The van der Waals surface area contributed by atoms with Crippen LogP contribution in [-0.2, 0) is 9.84 Å². The molecule has 0 radical (unpaired) electrons. The summed E-state index contributed by atoms with van der Waals surface area (Å²) in [7, 11) is -5.36. The van der Waals surface area contributed by atoms with E-state index in [0.29, 0.717) is 5.69 Å². The lowest BCUT2D eigenvalue weighted by molar-refractivity contribution is -0.0436. The molecule has 1 aliphatic heterocycles. The summed E-state index contributed by atoms with van der Waals surface area (Å²) in [6.45, 7) is 0.263. The second-order valence-electron chi connectivity index (χ2n) is 4.48. The van der Waals surface area contributed by atoms with E-state index in [2.05, 4.69) is 0 Å². The van der Waals surface area contributed by atoms with Crippen LogP contribution in [0.1, 0.15) is 0 Å². The number of hydrogen-bond donors (Lipinski definition) is 2. The summed E-state index contributed by atoms with van der Waals surface area (Å²) in [4.78, 5) is 0.716. The van der Waals surface area contributed by atoms with Crippen LogP contribution in [-0.4, -0.2) is 49.4 Å². The molecule has 1 aromatic carbocycles. The summed E-state index contributed by atoms with van der Waals surface area (Å²) >= 11 is 0. The second kappa shape index (κ2) is 4.90. The van der Waals surface area contributed by atoms with Crippen molar-refractivity contribution in [2.24, 2.45) is 0 Å². The van der Waals surface area contributed by atoms with Crippen LogP contribution in [0.25, 0.3) is 0 Å². The fourth-order valence-corrected chi connectivity index (χ4v) is 2.71. The van der Waals surface area contributed by atoms with Crippen LogP contribution in [0.2, 0.25) is 0 Å². The molecule has 0 aliphatic carbocycles. The number of aliphatic hydroxyl groups excluding tert-OH is 2. The smallest absolute Gasteiger partial charge is 0.389 e. The molecule has 0 bridgehead atoms. The minimum atomic E-state index is -5.36. The molecule has 1 aliphatic rings. The van der Waals surface area contributed by atoms with Crippen molar-refractivity contribution in [3.8, 4) is 0 Å². The highest BCUT2D eigenvalue weighted by atomic mass is 32.2. The number of β-amino-alcohol motifs (C(OH)–C–C–N with tert-alkyl or cyclic N) is 2. The summed E-state index contributed by atoms with van der Waals surface area (Å²) in [5.74, 6) is 0. The molecule has 1 aromatic rings. The Hall–Kier alpha value is -1.32. The summed E-state index contributed by atoms with van der Waals surface area (Å²) in [5, 5.41) is 18.8. The van der Waals surface area contributed by atoms with Gasteiger partial charge in [-0.3, -0.25) is 0 Å². The van der Waals surface area contributed by atoms with E-state index < -0.39 is 32.4 Å². The average Bonchev–Trinajstić information content (AvgIpc) is 2.68. The molecular formula is C11H12F3NO4S. The van der Waals surface area contributed by atoms with Crippen molar-refractivity contribution in [3.05, 3.63) is 24.3 Å². The van der Waals surface area contributed by atoms with E-state index >= 15 is 0 Å². The molecule has 0 saturated carbocycles. The summed E-state index contributed by atoms with van der Waals surface area (Å²) < 4.78 is 59.4. The van der Waals surface area contributed by atoms with Gasteiger partial charge < -0.3 is 15.1 Å². The molecular weight excluding hydrogens is 299 g/mol. The van der Waals surface area contributed by atoms with Crippen molar-refractivity contribution in [3.63, 3.8) is 0 Å². The Labute approximate surface area is 113 Å². The number of aliphatic hydroxyl groups is 2. The Morgan fingerprint density at radius 2 is 1.50 bits per heavy atom. The molecule has 2 atom stereocenters. The van der Waals surface area contributed by atoms with Crippen LogP contribution in [0.3, 0.4) is 0 Å². The maximum Gasteiger partial charge on any atom is 0.501 e. The normalized spacial score (nSPS) is 24.1. The van der Waals surface area contributed by atoms with Gasteiger partial charge in [0.15, 0.2) is 0 Å². The summed E-state index contributed by atoms with van der Waals surface area (Å²) in [6.07, 6.45) is -1.87. The van der Waals surface area contributed by atoms with Gasteiger partial charge in [-0.15, -0.1) is 0 Å². The van der Waals surface area contributed by atoms with Gasteiger partial charge >= 0.3 is 5.51 Å². The zero-order chi connectivity index (χ0) is 15.1. The van der Waals surface area contributed by atoms with Gasteiger partial charge in [-0.25, -0.2) is 8.42 Å². The summed E-state index contributed by atoms with van der Waals surface area (Å²) in [6, 6.07) is 4.14. The lowest BCUT2D eigenvalue weighted by Crippen LogP contribution is -2.24. The number of rotatable bonds is 2. The number of anilines is 1. The van der Waals surface area contributed by atoms with E-state index in [1.807, 2.05) is 0 Å². The van der Waals surface area contributed by atoms with Crippen molar-refractivity contribution >= 4 is 15.5 Å². The van der Waals surface area contributed by atoms with Crippen molar-refractivity contribution in [2.75, 3.05) is 18.0 Å². The number of sulfone groups is 1. The van der Waals surface area contributed by atoms with Gasteiger partial charge in [-0.1, -0.05) is 0 Å². The van der Waals surface area contributed by atoms with Crippen LogP contribution in [0.5, 0.6) is 0 Å². The molecule has 0 amide bonds. The first-order valence-corrected chi connectivity index (χ1v) is 7.14. The van der Waals surface area contributed by atoms with Crippen molar-refractivity contribution in [1.29, 1.82) is 0 Å². The molecule has 1 heterocycles. The van der Waals surface area contributed by atoms with Gasteiger partial charge in [-0.2, -0.15) is 13.2 Å². The largest absolute Gasteiger partial charge is 0.501 e. The molecule has 1 fully saturated rings. The topological polar surface area (TPSA) is 77.8 Å². The number of alkyl halides is 3. The number of hydrogen-bond acceptors (Lipinski definition) is 5. The van der Waals surface area contributed by atoms with E-state index in [9.17, 15) is 31.8 Å². The maximum atomic E-state index is 12.4. The van der Waals surface area contributed by atoms with Gasteiger partial charge in [0.05, 0.1) is 17.1 Å². The first-order chi connectivity index (χ1) is 9.13. The van der Waals surface area contributed by atoms with E-state index in [4.69, 9.17) is 0 Å². The molecule has 0 aromatic heterocycles. The van der Waals surface area contributed by atoms with Gasteiger partial charge in [0.2, 0.25) is 0 Å². The average molecular weight is 311 g/mol. The Bertz CT molecular complexity index is 575. The summed E-state index contributed by atoms with van der Waals surface area (Å²) in [5.41, 5.74) is -4.91. The van der Waals surface area contributed by atoms with Crippen molar-refractivity contribution in [2.45, 2.75) is 22.6 Å². The zero-order valence-electron chi connectivity index (χ0n) is 10.1. The van der Waals surface area contributed by atoms with E-state index in [0.717, 1.165) is 12.1 Å². The molecule has 1 saturated heterocycles. The number of benzene rings is 1. The van der Waals surface area contributed by atoms with Gasteiger partial charge in [0, 0.05) is 18.8 Å². The Balaban J connectivity index is 2.24. The van der Waals surface area contributed by atoms with E-state index in [1.165, 1.54) is 12.1 Å². The van der Waals surface area contributed by atoms with Gasteiger partial charge in [0.1, 0.15) is 0 Å². The van der Waals surface area contributed by atoms with Crippen LogP contribution >= 0.6 is 0 Å². The molecule has 2 rings (SSSR count). The van der Waals surface area contributed by atoms with E-state index in [-0.39, 0.29) is 13.1 Å². The van der Waals surface area contributed by atoms with Crippen LogP contribution in [0.4, 0.5) is 18.9 Å².